The van der Waals surface area contributed by atoms with Crippen molar-refractivity contribution in [3.63, 3.8) is 0 Å². The summed E-state index contributed by atoms with van der Waals surface area (Å²) in [6, 6.07) is 9.23. The van der Waals surface area contributed by atoms with Gasteiger partial charge in [0.05, 0.1) is 6.54 Å². The molecule has 1 saturated carbocycles. The molecule has 1 fully saturated rings. The highest BCUT2D eigenvalue weighted by molar-refractivity contribution is 5.95. The van der Waals surface area contributed by atoms with Crippen LogP contribution in [0.2, 0.25) is 0 Å². The van der Waals surface area contributed by atoms with Crippen LogP contribution in [0.5, 0.6) is 0 Å². The van der Waals surface area contributed by atoms with Crippen LogP contribution < -0.4 is 10.2 Å². The van der Waals surface area contributed by atoms with E-state index in [0.717, 1.165) is 37.8 Å². The summed E-state index contributed by atoms with van der Waals surface area (Å²) in [4.78, 5) is 26.3. The first-order valence-corrected chi connectivity index (χ1v) is 9.37. The third kappa shape index (κ3) is 5.30. The summed E-state index contributed by atoms with van der Waals surface area (Å²) in [5, 5.41) is 12.4. The third-order valence-electron chi connectivity index (χ3n) is 5.20. The number of anilines is 1. The molecule has 0 heterocycles. The number of carbonyl (C=O) groups is 2. The number of carboxylic acids is 1. The fraction of sp³-hybridized carbons (Fsp3) is 0.600. The van der Waals surface area contributed by atoms with E-state index in [-0.39, 0.29) is 24.4 Å². The summed E-state index contributed by atoms with van der Waals surface area (Å²) in [5.74, 6) is -0.969. The highest BCUT2D eigenvalue weighted by atomic mass is 16.4. The van der Waals surface area contributed by atoms with E-state index in [4.69, 9.17) is 0 Å². The lowest BCUT2D eigenvalue weighted by atomic mass is 9.93. The number of carboxylic acid groups (broad SMARTS) is 1. The van der Waals surface area contributed by atoms with Gasteiger partial charge in [-0.25, -0.2) is 0 Å². The first kappa shape index (κ1) is 19.4. The molecule has 0 aliphatic heterocycles. The number of nitrogens with one attached hydrogen (secondary N) is 1. The highest BCUT2D eigenvalue weighted by Gasteiger charge is 2.29. The normalized spacial score (nSPS) is 17.7. The zero-order valence-corrected chi connectivity index (χ0v) is 15.3. The molecule has 1 amide bonds. The third-order valence-corrected chi connectivity index (χ3v) is 5.20. The van der Waals surface area contributed by atoms with Crippen LogP contribution in [0.1, 0.15) is 52.4 Å². The van der Waals surface area contributed by atoms with Crippen molar-refractivity contribution < 1.29 is 14.7 Å². The lowest BCUT2D eigenvalue weighted by Gasteiger charge is -2.35. The summed E-state index contributed by atoms with van der Waals surface area (Å²) >= 11 is 0. The number of rotatable bonds is 8. The van der Waals surface area contributed by atoms with E-state index in [9.17, 15) is 14.7 Å². The van der Waals surface area contributed by atoms with Crippen molar-refractivity contribution in [3.05, 3.63) is 30.3 Å². The Labute approximate surface area is 150 Å². The smallest absolute Gasteiger partial charge is 0.320 e. The molecule has 2 N–H and O–H groups in total. The molecule has 2 rings (SSSR count). The number of amides is 1. The molecule has 0 aromatic heterocycles. The molecule has 1 aromatic carbocycles. The van der Waals surface area contributed by atoms with E-state index in [1.807, 2.05) is 49.1 Å². The molecule has 25 heavy (non-hydrogen) atoms. The Hall–Kier alpha value is -1.88. The lowest BCUT2D eigenvalue weighted by Crippen LogP contribution is -2.50. The van der Waals surface area contributed by atoms with Crippen LogP contribution in [0.3, 0.4) is 0 Å². The van der Waals surface area contributed by atoms with Crippen molar-refractivity contribution >= 4 is 17.6 Å². The minimum atomic E-state index is -0.897. The van der Waals surface area contributed by atoms with Crippen LogP contribution in [0.4, 0.5) is 5.69 Å². The summed E-state index contributed by atoms with van der Waals surface area (Å²) in [6.07, 6.45) is 6.27. The fourth-order valence-electron chi connectivity index (χ4n) is 3.54. The van der Waals surface area contributed by atoms with Gasteiger partial charge in [-0.1, -0.05) is 57.7 Å². The Kier molecular flexibility index (Phi) is 7.44. The van der Waals surface area contributed by atoms with Crippen LogP contribution in [-0.2, 0) is 9.59 Å². The van der Waals surface area contributed by atoms with Crippen molar-refractivity contribution in [2.75, 3.05) is 11.4 Å². The second-order valence-electron chi connectivity index (χ2n) is 6.97. The van der Waals surface area contributed by atoms with E-state index in [0.29, 0.717) is 0 Å². The number of para-hydroxylation sites is 1. The molecular formula is C20H30N2O3. The van der Waals surface area contributed by atoms with Crippen molar-refractivity contribution in [2.24, 2.45) is 5.92 Å². The average Bonchev–Trinajstić information content (AvgIpc) is 2.63. The zero-order chi connectivity index (χ0) is 18.2. The average molecular weight is 346 g/mol. The molecule has 5 heteroatoms. The topological polar surface area (TPSA) is 69.6 Å². The summed E-state index contributed by atoms with van der Waals surface area (Å²) in [7, 11) is 0. The summed E-state index contributed by atoms with van der Waals surface area (Å²) in [5.41, 5.74) is 0.900. The molecule has 1 aromatic rings. The Balaban J connectivity index is 2.11. The maximum absolute atomic E-state index is 13.0. The molecule has 2 atom stereocenters. The summed E-state index contributed by atoms with van der Waals surface area (Å²) < 4.78 is 0. The first-order chi connectivity index (χ1) is 12.0. The maximum Gasteiger partial charge on any atom is 0.320 e. The van der Waals surface area contributed by atoms with Gasteiger partial charge in [0.25, 0.3) is 0 Å². The van der Waals surface area contributed by atoms with Crippen molar-refractivity contribution in [1.82, 2.24) is 5.32 Å². The van der Waals surface area contributed by atoms with Gasteiger partial charge in [0.2, 0.25) is 5.91 Å². The molecular weight excluding hydrogens is 316 g/mol. The van der Waals surface area contributed by atoms with Gasteiger partial charge in [-0.2, -0.15) is 0 Å². The predicted octanol–water partition coefficient (Wildman–Crippen LogP) is 3.44. The minimum absolute atomic E-state index is 0.0230. The Morgan fingerprint density at radius 3 is 2.40 bits per heavy atom. The number of nitrogens with zero attached hydrogens (tertiary/aromatic N) is 1. The van der Waals surface area contributed by atoms with Crippen LogP contribution in [0, 0.1) is 5.92 Å². The van der Waals surface area contributed by atoms with Gasteiger partial charge in [-0.05, 0) is 30.9 Å². The number of carbonyl (C=O) groups excluding carboxylic acids is 1. The standard InChI is InChI=1S/C20H30N2O3/c1-3-15(2)19(20(24)25)21-14-18(23)22(16-10-6-4-7-11-16)17-12-8-5-9-13-17/h4,6-7,10-11,15,17,19,21H,3,5,8-9,12-14H2,1-2H3,(H,24,25)/t15-,19-/m0/s1. The van der Waals surface area contributed by atoms with E-state index >= 15 is 0 Å². The quantitative estimate of drug-likeness (QED) is 0.756. The monoisotopic (exact) mass is 346 g/mol. The second kappa shape index (κ2) is 9.56. The van der Waals surface area contributed by atoms with Gasteiger partial charge in [0.15, 0.2) is 0 Å². The number of hydrogen-bond acceptors (Lipinski definition) is 3. The van der Waals surface area contributed by atoms with E-state index in [2.05, 4.69) is 5.32 Å². The molecule has 5 nitrogen and oxygen atoms in total. The van der Waals surface area contributed by atoms with Crippen molar-refractivity contribution in [3.8, 4) is 0 Å². The van der Waals surface area contributed by atoms with Gasteiger partial charge >= 0.3 is 5.97 Å². The van der Waals surface area contributed by atoms with Gasteiger partial charge in [-0.15, -0.1) is 0 Å². The van der Waals surface area contributed by atoms with E-state index in [1.165, 1.54) is 6.42 Å². The van der Waals surface area contributed by atoms with Crippen molar-refractivity contribution in [1.29, 1.82) is 0 Å². The van der Waals surface area contributed by atoms with Crippen LogP contribution in [0.25, 0.3) is 0 Å². The lowest BCUT2D eigenvalue weighted by molar-refractivity contribution is -0.140. The first-order valence-electron chi connectivity index (χ1n) is 9.37. The molecule has 1 aliphatic rings. The SMILES string of the molecule is CC[C@H](C)[C@H](NCC(=O)N(c1ccccc1)C1CCCCC1)C(=O)O. The maximum atomic E-state index is 13.0. The molecule has 0 bridgehead atoms. The number of aliphatic carboxylic acids is 1. The van der Waals surface area contributed by atoms with Crippen molar-refractivity contribution in [2.45, 2.75) is 64.5 Å². The second-order valence-corrected chi connectivity index (χ2v) is 6.97. The van der Waals surface area contributed by atoms with Crippen LogP contribution in [-0.4, -0.2) is 35.6 Å². The van der Waals surface area contributed by atoms with Gasteiger partial charge in [0, 0.05) is 11.7 Å². The predicted molar refractivity (Wildman–Crippen MR) is 99.7 cm³/mol. The van der Waals surface area contributed by atoms with E-state index < -0.39 is 12.0 Å². The highest BCUT2D eigenvalue weighted by Crippen LogP contribution is 2.27. The Bertz CT molecular complexity index is 555. The fourth-order valence-corrected chi connectivity index (χ4v) is 3.54. The molecule has 138 valence electrons. The summed E-state index contributed by atoms with van der Waals surface area (Å²) in [6.45, 7) is 3.90. The molecule has 0 unspecified atom stereocenters. The van der Waals surface area contributed by atoms with Crippen LogP contribution in [0.15, 0.2) is 30.3 Å². The zero-order valence-electron chi connectivity index (χ0n) is 15.3. The largest absolute Gasteiger partial charge is 0.480 e. The number of benzene rings is 1. The molecule has 0 saturated heterocycles. The van der Waals surface area contributed by atoms with E-state index in [1.54, 1.807) is 0 Å². The van der Waals surface area contributed by atoms with Gasteiger partial charge < -0.3 is 10.0 Å². The number of hydrogen-bond donors (Lipinski definition) is 2. The Morgan fingerprint density at radius 2 is 1.84 bits per heavy atom. The Morgan fingerprint density at radius 1 is 1.20 bits per heavy atom. The van der Waals surface area contributed by atoms with Gasteiger partial charge in [-0.3, -0.25) is 14.9 Å². The molecule has 0 spiro atoms. The minimum Gasteiger partial charge on any atom is -0.480 e. The van der Waals surface area contributed by atoms with Crippen LogP contribution >= 0.6 is 0 Å². The van der Waals surface area contributed by atoms with Gasteiger partial charge in [0.1, 0.15) is 6.04 Å². The molecule has 1 aliphatic carbocycles. The molecule has 0 radical (unpaired) electrons.